The number of benzene rings is 1. The van der Waals surface area contributed by atoms with E-state index >= 15 is 0 Å². The molecule has 0 bridgehead atoms. The summed E-state index contributed by atoms with van der Waals surface area (Å²) < 4.78 is 12.8. The molecule has 1 heterocycles. The van der Waals surface area contributed by atoms with Gasteiger partial charge in [-0.3, -0.25) is 4.90 Å². The van der Waals surface area contributed by atoms with Gasteiger partial charge in [0.15, 0.2) is 0 Å². The van der Waals surface area contributed by atoms with Gasteiger partial charge >= 0.3 is 0 Å². The fraction of sp³-hybridized carbons (Fsp3) is 0.625. The molecule has 0 aromatic heterocycles. The smallest absolute Gasteiger partial charge is 0.123 e. The molecule has 1 aliphatic rings. The predicted octanol–water partition coefficient (Wildman–Crippen LogP) is 1.94. The average Bonchev–Trinajstić information content (AvgIpc) is 2.41. The van der Waals surface area contributed by atoms with E-state index in [0.717, 1.165) is 44.8 Å². The van der Waals surface area contributed by atoms with Crippen LogP contribution in [-0.4, -0.2) is 55.1 Å². The minimum Gasteiger partial charge on any atom is -0.311 e. The summed E-state index contributed by atoms with van der Waals surface area (Å²) in [4.78, 5) is 4.92. The van der Waals surface area contributed by atoms with Gasteiger partial charge in [-0.05, 0) is 38.6 Å². The molecule has 20 heavy (non-hydrogen) atoms. The van der Waals surface area contributed by atoms with Crippen LogP contribution < -0.4 is 5.32 Å². The molecule has 1 saturated heterocycles. The van der Waals surface area contributed by atoms with Crippen molar-refractivity contribution in [1.82, 2.24) is 15.1 Å². The third kappa shape index (κ3) is 4.27. The average molecular weight is 279 g/mol. The SMILES string of the molecule is CN1CCN(C(C)(C)CNCc2ccc(F)cc2)CC1. The molecule has 4 heteroatoms. The van der Waals surface area contributed by atoms with Gasteiger partial charge in [0.25, 0.3) is 0 Å². The van der Waals surface area contributed by atoms with Gasteiger partial charge in [0, 0.05) is 44.8 Å². The number of hydrogen-bond acceptors (Lipinski definition) is 3. The highest BCUT2D eigenvalue weighted by atomic mass is 19.1. The van der Waals surface area contributed by atoms with Crippen molar-refractivity contribution in [2.75, 3.05) is 39.8 Å². The number of nitrogens with zero attached hydrogens (tertiary/aromatic N) is 2. The summed E-state index contributed by atoms with van der Waals surface area (Å²) in [6.07, 6.45) is 0. The molecule has 1 aliphatic heterocycles. The van der Waals surface area contributed by atoms with Gasteiger partial charge in [0.05, 0.1) is 0 Å². The van der Waals surface area contributed by atoms with Gasteiger partial charge in [0.2, 0.25) is 0 Å². The van der Waals surface area contributed by atoms with Gasteiger partial charge in [-0.25, -0.2) is 4.39 Å². The third-order valence-corrected chi connectivity index (χ3v) is 4.16. The maximum atomic E-state index is 12.8. The van der Waals surface area contributed by atoms with E-state index in [9.17, 15) is 4.39 Å². The zero-order valence-corrected chi connectivity index (χ0v) is 12.8. The Morgan fingerprint density at radius 2 is 1.70 bits per heavy atom. The van der Waals surface area contributed by atoms with E-state index in [1.807, 2.05) is 12.1 Å². The van der Waals surface area contributed by atoms with Crippen LogP contribution in [0.25, 0.3) is 0 Å². The second-order valence-corrected chi connectivity index (χ2v) is 6.33. The summed E-state index contributed by atoms with van der Waals surface area (Å²) in [5.41, 5.74) is 1.28. The maximum Gasteiger partial charge on any atom is 0.123 e. The van der Waals surface area contributed by atoms with Gasteiger partial charge in [0.1, 0.15) is 5.82 Å². The lowest BCUT2D eigenvalue weighted by molar-refractivity contribution is 0.0618. The van der Waals surface area contributed by atoms with E-state index in [0.29, 0.717) is 0 Å². The molecule has 0 unspecified atom stereocenters. The van der Waals surface area contributed by atoms with Crippen LogP contribution in [-0.2, 0) is 6.54 Å². The standard InChI is InChI=1S/C16H26FN3/c1-16(2,20-10-8-19(3)9-11-20)13-18-12-14-4-6-15(17)7-5-14/h4-7,18H,8-13H2,1-3H3. The van der Waals surface area contributed by atoms with E-state index in [1.165, 1.54) is 12.1 Å². The minimum absolute atomic E-state index is 0.154. The molecule has 0 radical (unpaired) electrons. The summed E-state index contributed by atoms with van der Waals surface area (Å²) in [5.74, 6) is -0.175. The molecule has 1 N–H and O–H groups in total. The molecule has 1 aromatic rings. The van der Waals surface area contributed by atoms with Crippen LogP contribution in [0.5, 0.6) is 0 Å². The molecular formula is C16H26FN3. The number of hydrogen-bond donors (Lipinski definition) is 1. The Hall–Kier alpha value is -0.970. The van der Waals surface area contributed by atoms with Crippen molar-refractivity contribution in [3.05, 3.63) is 35.6 Å². The molecule has 0 atom stereocenters. The van der Waals surface area contributed by atoms with Crippen LogP contribution in [0.4, 0.5) is 4.39 Å². The summed E-state index contributed by atoms with van der Waals surface area (Å²) in [6.45, 7) is 10.8. The highest BCUT2D eigenvalue weighted by molar-refractivity contribution is 5.15. The quantitative estimate of drug-likeness (QED) is 0.888. The third-order valence-electron chi connectivity index (χ3n) is 4.16. The highest BCUT2D eigenvalue weighted by Crippen LogP contribution is 2.16. The van der Waals surface area contributed by atoms with E-state index in [-0.39, 0.29) is 11.4 Å². The van der Waals surface area contributed by atoms with E-state index in [1.54, 1.807) is 0 Å². The minimum atomic E-state index is -0.175. The largest absolute Gasteiger partial charge is 0.311 e. The van der Waals surface area contributed by atoms with Crippen LogP contribution in [0.1, 0.15) is 19.4 Å². The number of likely N-dealkylation sites (N-methyl/N-ethyl adjacent to an activating group) is 1. The Morgan fingerprint density at radius 1 is 1.10 bits per heavy atom. The summed E-state index contributed by atoms with van der Waals surface area (Å²) in [7, 11) is 2.18. The van der Waals surface area contributed by atoms with E-state index in [4.69, 9.17) is 0 Å². The molecule has 2 rings (SSSR count). The zero-order valence-electron chi connectivity index (χ0n) is 12.8. The fourth-order valence-electron chi connectivity index (χ4n) is 2.64. The molecular weight excluding hydrogens is 253 g/mol. The Kier molecular flexibility index (Phi) is 5.13. The second kappa shape index (κ2) is 6.66. The Labute approximate surface area is 121 Å². The van der Waals surface area contributed by atoms with Gasteiger partial charge < -0.3 is 10.2 Å². The predicted molar refractivity (Wildman–Crippen MR) is 81.3 cm³/mol. The van der Waals surface area contributed by atoms with Gasteiger partial charge in [-0.1, -0.05) is 12.1 Å². The summed E-state index contributed by atoms with van der Waals surface area (Å²) in [5, 5.41) is 3.49. The number of halogens is 1. The van der Waals surface area contributed by atoms with Crippen molar-refractivity contribution in [2.45, 2.75) is 25.9 Å². The van der Waals surface area contributed by atoms with Crippen molar-refractivity contribution >= 4 is 0 Å². The number of piperazine rings is 1. The van der Waals surface area contributed by atoms with Crippen LogP contribution in [0.15, 0.2) is 24.3 Å². The lowest BCUT2D eigenvalue weighted by Crippen LogP contribution is -2.57. The fourth-order valence-corrected chi connectivity index (χ4v) is 2.64. The molecule has 112 valence electrons. The molecule has 3 nitrogen and oxygen atoms in total. The van der Waals surface area contributed by atoms with Gasteiger partial charge in [-0.2, -0.15) is 0 Å². The first kappa shape index (κ1) is 15.4. The van der Waals surface area contributed by atoms with Crippen LogP contribution >= 0.6 is 0 Å². The highest BCUT2D eigenvalue weighted by Gasteiger charge is 2.28. The Bertz CT molecular complexity index is 408. The Balaban J connectivity index is 1.78. The zero-order chi connectivity index (χ0) is 14.6. The first-order chi connectivity index (χ1) is 9.47. The normalized spacial score (nSPS) is 18.4. The van der Waals surface area contributed by atoms with Crippen molar-refractivity contribution in [1.29, 1.82) is 0 Å². The molecule has 1 fully saturated rings. The van der Waals surface area contributed by atoms with Crippen LogP contribution in [0, 0.1) is 5.82 Å². The second-order valence-electron chi connectivity index (χ2n) is 6.33. The molecule has 0 amide bonds. The van der Waals surface area contributed by atoms with Crippen molar-refractivity contribution in [2.24, 2.45) is 0 Å². The molecule has 0 spiro atoms. The molecule has 0 aliphatic carbocycles. The van der Waals surface area contributed by atoms with Crippen molar-refractivity contribution < 1.29 is 4.39 Å². The van der Waals surface area contributed by atoms with E-state index < -0.39 is 0 Å². The lowest BCUT2D eigenvalue weighted by atomic mass is 10.0. The summed E-state index contributed by atoms with van der Waals surface area (Å²) >= 11 is 0. The van der Waals surface area contributed by atoms with E-state index in [2.05, 4.69) is 36.0 Å². The number of rotatable bonds is 5. The summed E-state index contributed by atoms with van der Waals surface area (Å²) in [6, 6.07) is 6.71. The van der Waals surface area contributed by atoms with Crippen molar-refractivity contribution in [3.8, 4) is 0 Å². The molecule has 1 aromatic carbocycles. The monoisotopic (exact) mass is 279 g/mol. The maximum absolute atomic E-state index is 12.8. The molecule has 0 saturated carbocycles. The Morgan fingerprint density at radius 3 is 2.30 bits per heavy atom. The first-order valence-electron chi connectivity index (χ1n) is 7.36. The topological polar surface area (TPSA) is 18.5 Å². The van der Waals surface area contributed by atoms with Crippen LogP contribution in [0.2, 0.25) is 0 Å². The van der Waals surface area contributed by atoms with Crippen molar-refractivity contribution in [3.63, 3.8) is 0 Å². The lowest BCUT2D eigenvalue weighted by Gasteiger charge is -2.43. The van der Waals surface area contributed by atoms with Gasteiger partial charge in [-0.15, -0.1) is 0 Å². The van der Waals surface area contributed by atoms with Crippen LogP contribution in [0.3, 0.4) is 0 Å². The number of nitrogens with one attached hydrogen (secondary N) is 1. The first-order valence-corrected chi connectivity index (χ1v) is 7.36.